The molecular weight excluding hydrogens is 364 g/mol. The molecule has 3 aromatic carbocycles. The number of benzene rings is 3. The standard InChI is InChI=1S/C24H26N2OS/c1-17(2)27-22-15-13-21(14-16-22)25-24(28)26-23(19-7-5-4-6-8-19)20-11-9-18(3)10-12-20/h4-17,23H,1-3H3,(H2,25,26,28). The molecule has 0 fully saturated rings. The largest absolute Gasteiger partial charge is 0.491 e. The van der Waals surface area contributed by atoms with Crippen LogP contribution in [0.3, 0.4) is 0 Å². The van der Waals surface area contributed by atoms with Crippen molar-refractivity contribution in [1.29, 1.82) is 0 Å². The third-order valence-corrected chi connectivity index (χ3v) is 4.52. The number of rotatable bonds is 6. The van der Waals surface area contributed by atoms with Gasteiger partial charge < -0.3 is 15.4 Å². The summed E-state index contributed by atoms with van der Waals surface area (Å²) in [5.74, 6) is 0.848. The summed E-state index contributed by atoms with van der Waals surface area (Å²) in [4.78, 5) is 0. The van der Waals surface area contributed by atoms with Crippen molar-refractivity contribution in [2.45, 2.75) is 32.9 Å². The molecule has 144 valence electrons. The van der Waals surface area contributed by atoms with Crippen LogP contribution in [0.4, 0.5) is 5.69 Å². The van der Waals surface area contributed by atoms with Gasteiger partial charge in [-0.25, -0.2) is 0 Å². The molecule has 3 nitrogen and oxygen atoms in total. The average molecular weight is 391 g/mol. The van der Waals surface area contributed by atoms with Gasteiger partial charge in [-0.05, 0) is 68.4 Å². The highest BCUT2D eigenvalue weighted by molar-refractivity contribution is 7.80. The van der Waals surface area contributed by atoms with Crippen molar-refractivity contribution in [3.63, 3.8) is 0 Å². The SMILES string of the molecule is Cc1ccc(C(NC(=S)Nc2ccc(OC(C)C)cc2)c2ccccc2)cc1. The summed E-state index contributed by atoms with van der Waals surface area (Å²) >= 11 is 5.59. The van der Waals surface area contributed by atoms with Crippen LogP contribution in [0.5, 0.6) is 5.75 Å². The highest BCUT2D eigenvalue weighted by Gasteiger charge is 2.15. The molecule has 0 saturated carbocycles. The van der Waals surface area contributed by atoms with Crippen LogP contribution in [-0.4, -0.2) is 11.2 Å². The summed E-state index contributed by atoms with van der Waals surface area (Å²) in [5, 5.41) is 7.30. The molecule has 0 radical (unpaired) electrons. The van der Waals surface area contributed by atoms with Gasteiger partial charge >= 0.3 is 0 Å². The third-order valence-electron chi connectivity index (χ3n) is 4.30. The second-order valence-electron chi connectivity index (χ2n) is 7.04. The minimum absolute atomic E-state index is 0.0228. The monoisotopic (exact) mass is 390 g/mol. The van der Waals surface area contributed by atoms with Gasteiger partial charge in [0, 0.05) is 5.69 Å². The summed E-state index contributed by atoms with van der Waals surface area (Å²) in [6, 6.07) is 26.6. The van der Waals surface area contributed by atoms with E-state index in [1.807, 2.05) is 56.3 Å². The summed E-state index contributed by atoms with van der Waals surface area (Å²) in [6.07, 6.45) is 0.155. The van der Waals surface area contributed by atoms with E-state index >= 15 is 0 Å². The Balaban J connectivity index is 1.73. The first-order valence-corrected chi connectivity index (χ1v) is 9.88. The second kappa shape index (κ2) is 9.38. The summed E-state index contributed by atoms with van der Waals surface area (Å²) in [6.45, 7) is 6.12. The molecule has 28 heavy (non-hydrogen) atoms. The lowest BCUT2D eigenvalue weighted by Crippen LogP contribution is -2.33. The fourth-order valence-corrected chi connectivity index (χ4v) is 3.19. The first-order chi connectivity index (χ1) is 13.5. The number of hydrogen-bond acceptors (Lipinski definition) is 2. The van der Waals surface area contributed by atoms with Crippen LogP contribution in [0.2, 0.25) is 0 Å². The van der Waals surface area contributed by atoms with Crippen molar-refractivity contribution in [1.82, 2.24) is 5.32 Å². The van der Waals surface area contributed by atoms with Crippen LogP contribution in [0.15, 0.2) is 78.9 Å². The Morgan fingerprint density at radius 1 is 0.821 bits per heavy atom. The van der Waals surface area contributed by atoms with Crippen molar-refractivity contribution < 1.29 is 4.74 Å². The molecule has 1 atom stereocenters. The Morgan fingerprint density at radius 3 is 2.04 bits per heavy atom. The number of anilines is 1. The number of hydrogen-bond donors (Lipinski definition) is 2. The fourth-order valence-electron chi connectivity index (χ4n) is 2.95. The molecule has 0 bridgehead atoms. The first-order valence-electron chi connectivity index (χ1n) is 9.47. The van der Waals surface area contributed by atoms with E-state index in [1.165, 1.54) is 11.1 Å². The van der Waals surface area contributed by atoms with Crippen molar-refractivity contribution in [2.24, 2.45) is 0 Å². The maximum atomic E-state index is 5.69. The number of thiocarbonyl (C=S) groups is 1. The molecule has 0 amide bonds. The molecule has 0 spiro atoms. The van der Waals surface area contributed by atoms with Crippen LogP contribution in [0.25, 0.3) is 0 Å². The zero-order chi connectivity index (χ0) is 19.9. The maximum absolute atomic E-state index is 5.69. The van der Waals surface area contributed by atoms with Crippen LogP contribution >= 0.6 is 12.2 Å². The molecule has 1 unspecified atom stereocenters. The topological polar surface area (TPSA) is 33.3 Å². The summed E-state index contributed by atoms with van der Waals surface area (Å²) in [5.41, 5.74) is 4.49. The van der Waals surface area contributed by atoms with Crippen LogP contribution in [-0.2, 0) is 0 Å². The predicted molar refractivity (Wildman–Crippen MR) is 121 cm³/mol. The van der Waals surface area contributed by atoms with E-state index < -0.39 is 0 Å². The Labute approximate surface area is 172 Å². The molecule has 2 N–H and O–H groups in total. The lowest BCUT2D eigenvalue weighted by atomic mass is 9.98. The third kappa shape index (κ3) is 5.57. The highest BCUT2D eigenvalue weighted by atomic mass is 32.1. The minimum Gasteiger partial charge on any atom is -0.491 e. The molecule has 4 heteroatoms. The Bertz CT molecular complexity index is 890. The van der Waals surface area contributed by atoms with Gasteiger partial charge in [-0.3, -0.25) is 0 Å². The van der Waals surface area contributed by atoms with Crippen molar-refractivity contribution in [3.8, 4) is 5.75 Å². The molecule has 3 rings (SSSR count). The normalized spacial score (nSPS) is 11.7. The van der Waals surface area contributed by atoms with Gasteiger partial charge in [0.05, 0.1) is 12.1 Å². The Kier molecular flexibility index (Phi) is 6.66. The smallest absolute Gasteiger partial charge is 0.171 e. The summed E-state index contributed by atoms with van der Waals surface area (Å²) in [7, 11) is 0. The van der Waals surface area contributed by atoms with E-state index in [4.69, 9.17) is 17.0 Å². The van der Waals surface area contributed by atoms with E-state index in [2.05, 4.69) is 54.0 Å². The van der Waals surface area contributed by atoms with E-state index in [0.717, 1.165) is 17.0 Å². The summed E-state index contributed by atoms with van der Waals surface area (Å²) < 4.78 is 5.69. The molecular formula is C24H26N2OS. The van der Waals surface area contributed by atoms with Crippen LogP contribution in [0.1, 0.15) is 36.6 Å². The van der Waals surface area contributed by atoms with Gasteiger partial charge in [0.1, 0.15) is 5.75 Å². The molecule has 0 aliphatic carbocycles. The van der Waals surface area contributed by atoms with Gasteiger partial charge in [-0.2, -0.15) is 0 Å². The lowest BCUT2D eigenvalue weighted by Gasteiger charge is -2.22. The maximum Gasteiger partial charge on any atom is 0.171 e. The van der Waals surface area contributed by atoms with E-state index in [1.54, 1.807) is 0 Å². The fraction of sp³-hybridized carbons (Fsp3) is 0.208. The van der Waals surface area contributed by atoms with Crippen molar-refractivity contribution >= 4 is 23.0 Å². The molecule has 0 saturated heterocycles. The van der Waals surface area contributed by atoms with E-state index in [0.29, 0.717) is 5.11 Å². The van der Waals surface area contributed by atoms with Gasteiger partial charge in [-0.15, -0.1) is 0 Å². The first kappa shape index (κ1) is 19.9. The predicted octanol–water partition coefficient (Wildman–Crippen LogP) is 5.86. The zero-order valence-electron chi connectivity index (χ0n) is 16.5. The van der Waals surface area contributed by atoms with Crippen molar-refractivity contribution in [2.75, 3.05) is 5.32 Å². The van der Waals surface area contributed by atoms with Gasteiger partial charge in [0.25, 0.3) is 0 Å². The lowest BCUT2D eigenvalue weighted by molar-refractivity contribution is 0.242. The average Bonchev–Trinajstić information content (AvgIpc) is 2.69. The molecule has 3 aromatic rings. The van der Waals surface area contributed by atoms with Crippen molar-refractivity contribution in [3.05, 3.63) is 95.6 Å². The van der Waals surface area contributed by atoms with E-state index in [9.17, 15) is 0 Å². The van der Waals surface area contributed by atoms with E-state index in [-0.39, 0.29) is 12.1 Å². The minimum atomic E-state index is -0.0228. The Morgan fingerprint density at radius 2 is 1.43 bits per heavy atom. The highest BCUT2D eigenvalue weighted by Crippen LogP contribution is 2.23. The number of nitrogens with one attached hydrogen (secondary N) is 2. The van der Waals surface area contributed by atoms with Gasteiger partial charge in [-0.1, -0.05) is 60.2 Å². The van der Waals surface area contributed by atoms with Gasteiger partial charge in [0.2, 0.25) is 0 Å². The second-order valence-corrected chi connectivity index (χ2v) is 7.45. The number of ether oxygens (including phenoxy) is 1. The number of aryl methyl sites for hydroxylation is 1. The Hall–Kier alpha value is -2.85. The van der Waals surface area contributed by atoms with Gasteiger partial charge in [0.15, 0.2) is 5.11 Å². The molecule has 0 aliphatic rings. The molecule has 0 aromatic heterocycles. The molecule has 0 aliphatic heterocycles. The van der Waals surface area contributed by atoms with Crippen LogP contribution < -0.4 is 15.4 Å². The van der Waals surface area contributed by atoms with Crippen LogP contribution in [0, 0.1) is 6.92 Å². The quantitative estimate of drug-likeness (QED) is 0.517. The zero-order valence-corrected chi connectivity index (χ0v) is 17.3. The molecule has 0 heterocycles.